The van der Waals surface area contributed by atoms with Crippen molar-refractivity contribution in [2.24, 2.45) is 21.7 Å². The molecule has 0 spiro atoms. The molecule has 2 aromatic rings. The average molecular weight is 324 g/mol. The first-order valence-corrected chi connectivity index (χ1v) is 8.77. The molecule has 0 amide bonds. The molecule has 0 atom stereocenters. The van der Waals surface area contributed by atoms with Gasteiger partial charge in [-0.05, 0) is 85.3 Å². The molecule has 128 valence electrons. The van der Waals surface area contributed by atoms with Gasteiger partial charge in [0.2, 0.25) is 0 Å². The lowest BCUT2D eigenvalue weighted by Crippen LogP contribution is -2.05. The maximum atomic E-state index is 5.71. The monoisotopic (exact) mass is 324 g/mol. The van der Waals surface area contributed by atoms with E-state index in [-0.39, 0.29) is 0 Å². The Hall–Kier alpha value is -2.04. The van der Waals surface area contributed by atoms with Crippen LogP contribution in [0.5, 0.6) is 0 Å². The summed E-state index contributed by atoms with van der Waals surface area (Å²) in [5, 5.41) is 8.81. The van der Waals surface area contributed by atoms with Gasteiger partial charge < -0.3 is 11.5 Å². The van der Waals surface area contributed by atoms with Crippen molar-refractivity contribution in [1.29, 1.82) is 0 Å². The lowest BCUT2D eigenvalue weighted by atomic mass is 10.0. The van der Waals surface area contributed by atoms with Gasteiger partial charge in [-0.15, -0.1) is 0 Å². The van der Waals surface area contributed by atoms with Crippen molar-refractivity contribution in [3.05, 3.63) is 58.7 Å². The maximum Gasteiger partial charge on any atom is 0.0860 e. The first-order valence-electron chi connectivity index (χ1n) is 8.77. The average Bonchev–Trinajstić information content (AvgIpc) is 2.61. The van der Waals surface area contributed by atoms with Gasteiger partial charge >= 0.3 is 0 Å². The highest BCUT2D eigenvalue weighted by molar-refractivity contribution is 5.47. The Morgan fingerprint density at radius 2 is 1.08 bits per heavy atom. The summed E-state index contributed by atoms with van der Waals surface area (Å²) in [6.07, 6.45) is 3.76. The van der Waals surface area contributed by atoms with Gasteiger partial charge in [-0.25, -0.2) is 0 Å². The van der Waals surface area contributed by atoms with E-state index in [1.807, 2.05) is 12.1 Å². The third-order valence-electron chi connectivity index (χ3n) is 4.25. The first kappa shape index (κ1) is 18.3. The molecule has 2 aromatic carbocycles. The SMILES string of the molecule is CCc1ccc(/N=N/c2ccc(CC)c(CCN)c2)cc1CCN. The van der Waals surface area contributed by atoms with Crippen molar-refractivity contribution in [3.63, 3.8) is 0 Å². The van der Waals surface area contributed by atoms with Crippen molar-refractivity contribution in [2.45, 2.75) is 39.5 Å². The third kappa shape index (κ3) is 4.73. The van der Waals surface area contributed by atoms with Crippen LogP contribution in [0.1, 0.15) is 36.1 Å². The van der Waals surface area contributed by atoms with E-state index in [4.69, 9.17) is 11.5 Å². The van der Waals surface area contributed by atoms with Gasteiger partial charge in [-0.3, -0.25) is 0 Å². The highest BCUT2D eigenvalue weighted by atomic mass is 15.1. The molecule has 0 heterocycles. The smallest absolute Gasteiger partial charge is 0.0860 e. The van der Waals surface area contributed by atoms with E-state index in [1.165, 1.54) is 22.3 Å². The summed E-state index contributed by atoms with van der Waals surface area (Å²) in [6.45, 7) is 5.61. The van der Waals surface area contributed by atoms with Gasteiger partial charge in [0.15, 0.2) is 0 Å². The molecule has 0 saturated carbocycles. The predicted molar refractivity (Wildman–Crippen MR) is 101 cm³/mol. The summed E-state index contributed by atoms with van der Waals surface area (Å²) < 4.78 is 0. The van der Waals surface area contributed by atoms with Crippen LogP contribution < -0.4 is 11.5 Å². The first-order chi connectivity index (χ1) is 11.7. The summed E-state index contributed by atoms with van der Waals surface area (Å²) in [5.74, 6) is 0. The Morgan fingerprint density at radius 3 is 1.42 bits per heavy atom. The van der Waals surface area contributed by atoms with E-state index in [0.717, 1.165) is 37.1 Å². The van der Waals surface area contributed by atoms with Crippen molar-refractivity contribution >= 4 is 11.4 Å². The molecular formula is C20H28N4. The van der Waals surface area contributed by atoms with E-state index in [9.17, 15) is 0 Å². The Balaban J connectivity index is 2.24. The molecule has 2 rings (SSSR count). The van der Waals surface area contributed by atoms with Crippen LogP contribution in [0.2, 0.25) is 0 Å². The van der Waals surface area contributed by atoms with Gasteiger partial charge in [0, 0.05) is 0 Å². The highest BCUT2D eigenvalue weighted by Gasteiger charge is 2.04. The Labute approximate surface area is 145 Å². The zero-order valence-electron chi connectivity index (χ0n) is 14.8. The quantitative estimate of drug-likeness (QED) is 0.713. The van der Waals surface area contributed by atoms with E-state index in [1.54, 1.807) is 0 Å². The summed E-state index contributed by atoms with van der Waals surface area (Å²) in [5.41, 5.74) is 18.3. The summed E-state index contributed by atoms with van der Waals surface area (Å²) in [6, 6.07) is 12.5. The highest BCUT2D eigenvalue weighted by Crippen LogP contribution is 2.24. The van der Waals surface area contributed by atoms with Crippen LogP contribution in [-0.2, 0) is 25.7 Å². The van der Waals surface area contributed by atoms with Crippen LogP contribution in [0.15, 0.2) is 46.6 Å². The number of aryl methyl sites for hydroxylation is 2. The topological polar surface area (TPSA) is 76.8 Å². The number of nitrogens with zero attached hydrogens (tertiary/aromatic N) is 2. The van der Waals surface area contributed by atoms with Crippen LogP contribution in [0.3, 0.4) is 0 Å². The molecule has 24 heavy (non-hydrogen) atoms. The van der Waals surface area contributed by atoms with Gasteiger partial charge in [-0.1, -0.05) is 26.0 Å². The number of nitrogens with two attached hydrogens (primary N) is 2. The molecule has 4 nitrogen and oxygen atoms in total. The Bertz CT molecular complexity index is 633. The van der Waals surface area contributed by atoms with E-state index in [0.29, 0.717) is 13.1 Å². The minimum atomic E-state index is 0.647. The van der Waals surface area contributed by atoms with Gasteiger partial charge in [-0.2, -0.15) is 10.2 Å². The van der Waals surface area contributed by atoms with Gasteiger partial charge in [0.1, 0.15) is 0 Å². The third-order valence-corrected chi connectivity index (χ3v) is 4.25. The van der Waals surface area contributed by atoms with Crippen molar-refractivity contribution < 1.29 is 0 Å². The number of azo groups is 1. The van der Waals surface area contributed by atoms with Crippen LogP contribution in [-0.4, -0.2) is 13.1 Å². The second kappa shape index (κ2) is 9.30. The fourth-order valence-corrected chi connectivity index (χ4v) is 2.93. The second-order valence-corrected chi connectivity index (χ2v) is 5.89. The zero-order chi connectivity index (χ0) is 17.4. The van der Waals surface area contributed by atoms with Crippen LogP contribution >= 0.6 is 0 Å². The summed E-state index contributed by atoms with van der Waals surface area (Å²) in [7, 11) is 0. The van der Waals surface area contributed by atoms with Crippen LogP contribution in [0, 0.1) is 0 Å². The van der Waals surface area contributed by atoms with Crippen molar-refractivity contribution in [3.8, 4) is 0 Å². The lowest BCUT2D eigenvalue weighted by Gasteiger charge is -2.08. The molecular weight excluding hydrogens is 296 g/mol. The van der Waals surface area contributed by atoms with Crippen molar-refractivity contribution in [1.82, 2.24) is 0 Å². The molecule has 0 saturated heterocycles. The molecule has 0 fully saturated rings. The molecule has 0 aliphatic rings. The molecule has 4 heteroatoms. The Kier molecular flexibility index (Phi) is 7.09. The molecule has 0 aliphatic carbocycles. The number of hydrogen-bond acceptors (Lipinski definition) is 4. The fourth-order valence-electron chi connectivity index (χ4n) is 2.93. The second-order valence-electron chi connectivity index (χ2n) is 5.89. The molecule has 0 aromatic heterocycles. The number of rotatable bonds is 8. The molecule has 0 unspecified atom stereocenters. The van der Waals surface area contributed by atoms with E-state index in [2.05, 4.69) is 48.3 Å². The number of benzene rings is 2. The molecule has 0 aliphatic heterocycles. The van der Waals surface area contributed by atoms with E-state index >= 15 is 0 Å². The minimum Gasteiger partial charge on any atom is -0.330 e. The minimum absolute atomic E-state index is 0.647. The molecule has 4 N–H and O–H groups in total. The van der Waals surface area contributed by atoms with Gasteiger partial charge in [0.25, 0.3) is 0 Å². The number of hydrogen-bond donors (Lipinski definition) is 2. The summed E-state index contributed by atoms with van der Waals surface area (Å²) in [4.78, 5) is 0. The lowest BCUT2D eigenvalue weighted by molar-refractivity contribution is 0.936. The summed E-state index contributed by atoms with van der Waals surface area (Å²) >= 11 is 0. The van der Waals surface area contributed by atoms with Crippen LogP contribution in [0.25, 0.3) is 0 Å². The molecule has 0 radical (unpaired) electrons. The zero-order valence-corrected chi connectivity index (χ0v) is 14.8. The van der Waals surface area contributed by atoms with E-state index < -0.39 is 0 Å². The van der Waals surface area contributed by atoms with Gasteiger partial charge in [0.05, 0.1) is 11.4 Å². The largest absolute Gasteiger partial charge is 0.330 e. The maximum absolute atomic E-state index is 5.71. The Morgan fingerprint density at radius 1 is 0.667 bits per heavy atom. The predicted octanol–water partition coefficient (Wildman–Crippen LogP) is 4.23. The fraction of sp³-hybridized carbons (Fsp3) is 0.400. The standard InChI is InChI=1S/C20H28N4/c1-3-15-5-7-19(13-17(15)9-11-21)23-24-20-8-6-16(4-2)18(14-20)10-12-22/h5-8,13-14H,3-4,9-12,21-22H2,1-2H3/b24-23+. The normalized spacial score (nSPS) is 11.3. The van der Waals surface area contributed by atoms with Crippen molar-refractivity contribution in [2.75, 3.05) is 13.1 Å². The van der Waals surface area contributed by atoms with Crippen LogP contribution in [0.4, 0.5) is 11.4 Å². The molecule has 0 bridgehead atoms.